The molecule has 0 radical (unpaired) electrons. The van der Waals surface area contributed by atoms with Gasteiger partial charge in [-0.1, -0.05) is 6.07 Å². The van der Waals surface area contributed by atoms with E-state index in [-0.39, 0.29) is 11.7 Å². The van der Waals surface area contributed by atoms with Crippen LogP contribution in [0.3, 0.4) is 0 Å². The summed E-state index contributed by atoms with van der Waals surface area (Å²) in [5.41, 5.74) is 1.40. The third-order valence-electron chi connectivity index (χ3n) is 2.85. The van der Waals surface area contributed by atoms with E-state index in [1.165, 1.54) is 12.1 Å². The number of rotatable bonds is 4. The zero-order chi connectivity index (χ0) is 15.4. The maximum Gasteiger partial charge on any atom is 0.258 e. The van der Waals surface area contributed by atoms with E-state index in [9.17, 15) is 9.18 Å². The summed E-state index contributed by atoms with van der Waals surface area (Å²) in [6.45, 7) is 5.66. The van der Waals surface area contributed by atoms with Gasteiger partial charge >= 0.3 is 0 Å². The number of amides is 1. The highest BCUT2D eigenvalue weighted by Crippen LogP contribution is 2.18. The number of carbonyl (C=O) groups excluding carboxylic acids is 1. The summed E-state index contributed by atoms with van der Waals surface area (Å²) in [7, 11) is 0. The average Bonchev–Trinajstić information content (AvgIpc) is 2.40. The number of aryl methyl sites for hydroxylation is 1. The first-order valence-corrected chi connectivity index (χ1v) is 6.80. The van der Waals surface area contributed by atoms with Gasteiger partial charge in [-0.05, 0) is 62.7 Å². The molecule has 2 aromatic rings. The molecule has 1 N–H and O–H groups in total. The minimum atomic E-state index is -0.521. The van der Waals surface area contributed by atoms with Gasteiger partial charge in [-0.2, -0.15) is 0 Å². The molecule has 3 nitrogen and oxygen atoms in total. The van der Waals surface area contributed by atoms with Crippen LogP contribution in [0.5, 0.6) is 5.75 Å². The van der Waals surface area contributed by atoms with Crippen LogP contribution in [-0.4, -0.2) is 12.0 Å². The summed E-state index contributed by atoms with van der Waals surface area (Å²) in [4.78, 5) is 12.0. The monoisotopic (exact) mass is 287 g/mol. The highest BCUT2D eigenvalue weighted by atomic mass is 19.1. The van der Waals surface area contributed by atoms with Crippen molar-refractivity contribution in [3.05, 3.63) is 59.4 Å². The van der Waals surface area contributed by atoms with Gasteiger partial charge in [0.2, 0.25) is 0 Å². The van der Waals surface area contributed by atoms with E-state index in [0.717, 1.165) is 11.3 Å². The Labute approximate surface area is 123 Å². The second-order valence-corrected chi connectivity index (χ2v) is 5.13. The molecule has 0 spiro atoms. The predicted molar refractivity (Wildman–Crippen MR) is 81.3 cm³/mol. The SMILES string of the molecule is Cc1ccc(C(=O)Nc2ccc(OC(C)C)cc2)c(F)c1. The van der Waals surface area contributed by atoms with Crippen molar-refractivity contribution in [2.45, 2.75) is 26.9 Å². The lowest BCUT2D eigenvalue weighted by Crippen LogP contribution is -2.14. The van der Waals surface area contributed by atoms with Crippen molar-refractivity contribution in [1.82, 2.24) is 0 Å². The van der Waals surface area contributed by atoms with E-state index in [1.54, 1.807) is 37.3 Å². The minimum Gasteiger partial charge on any atom is -0.491 e. The Balaban J connectivity index is 2.08. The van der Waals surface area contributed by atoms with Gasteiger partial charge in [0.25, 0.3) is 5.91 Å². The maximum absolute atomic E-state index is 13.7. The molecule has 110 valence electrons. The Morgan fingerprint density at radius 2 is 1.81 bits per heavy atom. The Morgan fingerprint density at radius 1 is 1.14 bits per heavy atom. The van der Waals surface area contributed by atoms with Gasteiger partial charge in [0, 0.05) is 5.69 Å². The van der Waals surface area contributed by atoms with Crippen LogP contribution >= 0.6 is 0 Å². The number of benzene rings is 2. The first-order chi connectivity index (χ1) is 9.95. The van der Waals surface area contributed by atoms with E-state index in [0.29, 0.717) is 5.69 Å². The maximum atomic E-state index is 13.7. The van der Waals surface area contributed by atoms with Gasteiger partial charge in [0.1, 0.15) is 11.6 Å². The summed E-state index contributed by atoms with van der Waals surface area (Å²) in [5.74, 6) is -0.262. The van der Waals surface area contributed by atoms with Gasteiger partial charge in [-0.25, -0.2) is 4.39 Å². The first-order valence-electron chi connectivity index (χ1n) is 6.80. The van der Waals surface area contributed by atoms with Crippen LogP contribution in [0.15, 0.2) is 42.5 Å². The molecule has 2 aromatic carbocycles. The number of nitrogens with one attached hydrogen (secondary N) is 1. The largest absolute Gasteiger partial charge is 0.491 e. The zero-order valence-electron chi connectivity index (χ0n) is 12.3. The molecule has 0 atom stereocenters. The third kappa shape index (κ3) is 4.05. The summed E-state index contributed by atoms with van der Waals surface area (Å²) in [6, 6.07) is 11.5. The topological polar surface area (TPSA) is 38.3 Å². The third-order valence-corrected chi connectivity index (χ3v) is 2.85. The highest BCUT2D eigenvalue weighted by Gasteiger charge is 2.11. The van der Waals surface area contributed by atoms with Crippen molar-refractivity contribution < 1.29 is 13.9 Å². The lowest BCUT2D eigenvalue weighted by molar-refractivity contribution is 0.102. The zero-order valence-corrected chi connectivity index (χ0v) is 12.3. The van der Waals surface area contributed by atoms with Crippen molar-refractivity contribution in [2.75, 3.05) is 5.32 Å². The molecule has 0 aliphatic heterocycles. The second-order valence-electron chi connectivity index (χ2n) is 5.13. The van der Waals surface area contributed by atoms with Gasteiger partial charge in [-0.15, -0.1) is 0 Å². The molecular formula is C17H18FNO2. The number of ether oxygens (including phenoxy) is 1. The number of hydrogen-bond acceptors (Lipinski definition) is 2. The van der Waals surface area contributed by atoms with E-state index >= 15 is 0 Å². The smallest absolute Gasteiger partial charge is 0.258 e. The molecule has 0 aliphatic rings. The molecule has 0 bridgehead atoms. The molecule has 0 unspecified atom stereocenters. The Morgan fingerprint density at radius 3 is 2.38 bits per heavy atom. The van der Waals surface area contributed by atoms with Crippen molar-refractivity contribution in [3.63, 3.8) is 0 Å². The molecule has 0 saturated carbocycles. The molecule has 0 heterocycles. The van der Waals surface area contributed by atoms with Gasteiger partial charge in [0.05, 0.1) is 11.7 Å². The molecule has 0 saturated heterocycles. The lowest BCUT2D eigenvalue weighted by Gasteiger charge is -2.11. The molecule has 0 aliphatic carbocycles. The van der Waals surface area contributed by atoms with Gasteiger partial charge in [0.15, 0.2) is 0 Å². The van der Waals surface area contributed by atoms with Crippen molar-refractivity contribution in [2.24, 2.45) is 0 Å². The number of carbonyl (C=O) groups is 1. The van der Waals surface area contributed by atoms with Crippen LogP contribution in [0, 0.1) is 12.7 Å². The molecule has 2 rings (SSSR count). The number of anilines is 1. The number of halogens is 1. The molecular weight excluding hydrogens is 269 g/mol. The molecule has 0 fully saturated rings. The minimum absolute atomic E-state index is 0.0307. The summed E-state index contributed by atoms with van der Waals surface area (Å²) < 4.78 is 19.2. The standard InChI is InChI=1S/C17H18FNO2/c1-11(2)21-14-7-5-13(6-8-14)19-17(20)15-9-4-12(3)10-16(15)18/h4-11H,1-3H3,(H,19,20). The predicted octanol–water partition coefficient (Wildman–Crippen LogP) is 4.17. The van der Waals surface area contributed by atoms with Crippen LogP contribution in [0.4, 0.5) is 10.1 Å². The summed E-state index contributed by atoms with van der Waals surface area (Å²) in [5, 5.41) is 2.66. The van der Waals surface area contributed by atoms with Crippen molar-refractivity contribution in [1.29, 1.82) is 0 Å². The fourth-order valence-electron chi connectivity index (χ4n) is 1.89. The molecule has 0 aromatic heterocycles. The van der Waals surface area contributed by atoms with Crippen LogP contribution in [0.1, 0.15) is 29.8 Å². The summed E-state index contributed by atoms with van der Waals surface area (Å²) >= 11 is 0. The fourth-order valence-corrected chi connectivity index (χ4v) is 1.89. The fraction of sp³-hybridized carbons (Fsp3) is 0.235. The molecule has 4 heteroatoms. The summed E-state index contributed by atoms with van der Waals surface area (Å²) in [6.07, 6.45) is 0.0899. The first kappa shape index (κ1) is 15.0. The van der Waals surface area contributed by atoms with Crippen LogP contribution < -0.4 is 10.1 Å². The lowest BCUT2D eigenvalue weighted by atomic mass is 10.1. The van der Waals surface area contributed by atoms with Crippen LogP contribution in [-0.2, 0) is 0 Å². The Hall–Kier alpha value is -2.36. The van der Waals surface area contributed by atoms with E-state index in [2.05, 4.69) is 5.32 Å². The van der Waals surface area contributed by atoms with E-state index < -0.39 is 11.7 Å². The molecule has 21 heavy (non-hydrogen) atoms. The molecule has 1 amide bonds. The van der Waals surface area contributed by atoms with Crippen LogP contribution in [0.2, 0.25) is 0 Å². The normalized spacial score (nSPS) is 10.5. The number of hydrogen-bond donors (Lipinski definition) is 1. The van der Waals surface area contributed by atoms with Gasteiger partial charge in [-0.3, -0.25) is 4.79 Å². The quantitative estimate of drug-likeness (QED) is 0.916. The van der Waals surface area contributed by atoms with E-state index in [4.69, 9.17) is 4.74 Å². The highest BCUT2D eigenvalue weighted by molar-refractivity contribution is 6.04. The van der Waals surface area contributed by atoms with Crippen LogP contribution in [0.25, 0.3) is 0 Å². The van der Waals surface area contributed by atoms with E-state index in [1.807, 2.05) is 13.8 Å². The Bertz CT molecular complexity index is 636. The second kappa shape index (κ2) is 6.39. The Kier molecular flexibility index (Phi) is 4.58. The van der Waals surface area contributed by atoms with Crippen molar-refractivity contribution >= 4 is 11.6 Å². The van der Waals surface area contributed by atoms with Crippen molar-refractivity contribution in [3.8, 4) is 5.75 Å². The average molecular weight is 287 g/mol. The van der Waals surface area contributed by atoms with Gasteiger partial charge < -0.3 is 10.1 Å².